The molecule has 1 aliphatic rings. The number of thiazole rings is 1. The molecule has 11 heteroatoms. The highest BCUT2D eigenvalue weighted by atomic mass is 32.2. The molecule has 1 aromatic heterocycles. The summed E-state index contributed by atoms with van der Waals surface area (Å²) in [7, 11) is -3.92. The molecular formula is C18H15FN4O4S2. The predicted molar refractivity (Wildman–Crippen MR) is 106 cm³/mol. The minimum atomic E-state index is -3.92. The molecule has 0 radical (unpaired) electrons. The largest absolute Gasteiger partial charge is 0.353 e. The maximum Gasteiger partial charge on any atom is 0.263 e. The average molecular weight is 434 g/mol. The molecule has 2 heterocycles. The highest BCUT2D eigenvalue weighted by molar-refractivity contribution is 7.93. The fourth-order valence-corrected chi connectivity index (χ4v) is 5.02. The second-order valence-electron chi connectivity index (χ2n) is 6.34. The molecule has 0 unspecified atom stereocenters. The third kappa shape index (κ3) is 4.05. The number of halogens is 1. The average Bonchev–Trinajstić information content (AvgIpc) is 3.08. The minimum absolute atomic E-state index is 0.00226. The van der Waals surface area contributed by atoms with Gasteiger partial charge in [-0.15, -0.1) is 0 Å². The molecule has 0 saturated carbocycles. The molecule has 2 amide bonds. The first-order chi connectivity index (χ1) is 13.8. The van der Waals surface area contributed by atoms with Crippen LogP contribution in [0.25, 0.3) is 10.2 Å². The van der Waals surface area contributed by atoms with Crippen LogP contribution in [0.1, 0.15) is 10.4 Å². The zero-order valence-corrected chi connectivity index (χ0v) is 16.5. The van der Waals surface area contributed by atoms with Crippen molar-refractivity contribution in [2.24, 2.45) is 0 Å². The summed E-state index contributed by atoms with van der Waals surface area (Å²) in [5.41, 5.74) is 0.920. The minimum Gasteiger partial charge on any atom is -0.353 e. The van der Waals surface area contributed by atoms with E-state index in [4.69, 9.17) is 0 Å². The Morgan fingerprint density at radius 2 is 1.97 bits per heavy atom. The molecule has 1 fully saturated rings. The molecule has 3 aromatic rings. The van der Waals surface area contributed by atoms with E-state index in [9.17, 15) is 22.4 Å². The molecule has 1 saturated heterocycles. The number of rotatable bonds is 4. The first-order valence-electron chi connectivity index (χ1n) is 8.57. The number of anilines is 1. The molecule has 2 aromatic carbocycles. The Bertz CT molecular complexity index is 1210. The first kappa shape index (κ1) is 19.3. The second-order valence-corrected chi connectivity index (χ2v) is 9.05. The molecular weight excluding hydrogens is 419 g/mol. The van der Waals surface area contributed by atoms with Gasteiger partial charge in [0, 0.05) is 18.7 Å². The van der Waals surface area contributed by atoms with Gasteiger partial charge in [0.15, 0.2) is 5.13 Å². The number of amides is 2. The molecule has 0 spiro atoms. The van der Waals surface area contributed by atoms with Crippen molar-refractivity contribution in [2.75, 3.05) is 24.4 Å². The number of aromatic nitrogens is 1. The Hall–Kier alpha value is -3.05. The highest BCUT2D eigenvalue weighted by Crippen LogP contribution is 2.29. The summed E-state index contributed by atoms with van der Waals surface area (Å²) in [6, 6.07) is 9.29. The number of benzene rings is 2. The fourth-order valence-electron chi connectivity index (χ4n) is 2.88. The number of nitrogens with zero attached hydrogens (tertiary/aromatic N) is 2. The summed E-state index contributed by atoms with van der Waals surface area (Å²) in [4.78, 5) is 29.7. The number of carbonyl (C=O) groups excluding carboxylic acids is 2. The van der Waals surface area contributed by atoms with Crippen LogP contribution in [0.15, 0.2) is 47.4 Å². The van der Waals surface area contributed by atoms with Crippen LogP contribution in [0.3, 0.4) is 0 Å². The molecule has 8 nitrogen and oxygen atoms in total. The van der Waals surface area contributed by atoms with Gasteiger partial charge in [-0.2, -0.15) is 0 Å². The monoisotopic (exact) mass is 434 g/mol. The lowest BCUT2D eigenvalue weighted by molar-refractivity contribution is -0.123. The maximum absolute atomic E-state index is 13.0. The van der Waals surface area contributed by atoms with Gasteiger partial charge in [0.25, 0.3) is 15.9 Å². The maximum atomic E-state index is 13.0. The van der Waals surface area contributed by atoms with E-state index in [0.717, 1.165) is 35.6 Å². The highest BCUT2D eigenvalue weighted by Gasteiger charge is 2.23. The lowest BCUT2D eigenvalue weighted by Gasteiger charge is -2.26. The van der Waals surface area contributed by atoms with Gasteiger partial charge in [0.05, 0.1) is 21.7 Å². The standard InChI is InChI=1S/C18H15FN4O4S2/c19-12-2-4-13(5-3-12)29(26,27)22-18-21-14-6-1-11(9-15(14)28-18)17(25)23-8-7-20-16(24)10-23/h1-6,9H,7-8,10H2,(H,20,24)(H,21,22). The summed E-state index contributed by atoms with van der Waals surface area (Å²) >= 11 is 1.08. The fraction of sp³-hybridized carbons (Fsp3) is 0.167. The van der Waals surface area contributed by atoms with Crippen molar-refractivity contribution in [3.8, 4) is 0 Å². The van der Waals surface area contributed by atoms with E-state index in [1.807, 2.05) is 0 Å². The van der Waals surface area contributed by atoms with Gasteiger partial charge >= 0.3 is 0 Å². The van der Waals surface area contributed by atoms with Crippen LogP contribution < -0.4 is 10.0 Å². The van der Waals surface area contributed by atoms with E-state index in [1.165, 1.54) is 4.90 Å². The van der Waals surface area contributed by atoms with Gasteiger partial charge in [-0.25, -0.2) is 17.8 Å². The Balaban J connectivity index is 1.57. The Morgan fingerprint density at radius 1 is 1.21 bits per heavy atom. The van der Waals surface area contributed by atoms with Crippen LogP contribution in [-0.4, -0.2) is 49.8 Å². The zero-order valence-electron chi connectivity index (χ0n) is 14.9. The smallest absolute Gasteiger partial charge is 0.263 e. The normalized spacial score (nSPS) is 14.7. The third-order valence-corrected chi connectivity index (χ3v) is 6.72. The second kappa shape index (κ2) is 7.41. The number of sulfonamides is 1. The van der Waals surface area contributed by atoms with E-state index < -0.39 is 15.8 Å². The number of piperazine rings is 1. The summed E-state index contributed by atoms with van der Waals surface area (Å²) in [5, 5.41) is 2.79. The summed E-state index contributed by atoms with van der Waals surface area (Å²) in [6.45, 7) is 0.832. The lowest BCUT2D eigenvalue weighted by Crippen LogP contribution is -2.49. The quantitative estimate of drug-likeness (QED) is 0.651. The van der Waals surface area contributed by atoms with Crippen LogP contribution in [0, 0.1) is 5.82 Å². The number of nitrogens with one attached hydrogen (secondary N) is 2. The van der Waals surface area contributed by atoms with Crippen LogP contribution in [-0.2, 0) is 14.8 Å². The van der Waals surface area contributed by atoms with Gasteiger partial charge in [-0.1, -0.05) is 11.3 Å². The van der Waals surface area contributed by atoms with E-state index in [1.54, 1.807) is 18.2 Å². The SMILES string of the molecule is O=C1CN(C(=O)c2ccc3nc(NS(=O)(=O)c4ccc(F)cc4)sc3c2)CCN1. The first-order valence-corrected chi connectivity index (χ1v) is 10.9. The Labute approximate surface area is 169 Å². The van der Waals surface area contributed by atoms with E-state index >= 15 is 0 Å². The van der Waals surface area contributed by atoms with Crippen LogP contribution in [0.4, 0.5) is 9.52 Å². The summed E-state index contributed by atoms with van der Waals surface area (Å²) < 4.78 is 40.9. The Kier molecular flexibility index (Phi) is 4.92. The van der Waals surface area contributed by atoms with Crippen molar-refractivity contribution in [1.29, 1.82) is 0 Å². The van der Waals surface area contributed by atoms with Crippen molar-refractivity contribution in [2.45, 2.75) is 4.90 Å². The predicted octanol–water partition coefficient (Wildman–Crippen LogP) is 1.81. The number of fused-ring (bicyclic) bond motifs is 1. The third-order valence-electron chi connectivity index (χ3n) is 4.31. The molecule has 4 rings (SSSR count). The van der Waals surface area contributed by atoms with Crippen molar-refractivity contribution in [1.82, 2.24) is 15.2 Å². The van der Waals surface area contributed by atoms with Crippen molar-refractivity contribution >= 4 is 48.5 Å². The van der Waals surface area contributed by atoms with E-state index in [2.05, 4.69) is 15.0 Å². The Morgan fingerprint density at radius 3 is 2.69 bits per heavy atom. The van der Waals surface area contributed by atoms with Gasteiger partial charge in [0.1, 0.15) is 5.82 Å². The molecule has 0 aliphatic carbocycles. The lowest BCUT2D eigenvalue weighted by atomic mass is 10.1. The number of hydrogen-bond donors (Lipinski definition) is 2. The van der Waals surface area contributed by atoms with Crippen LogP contribution in [0.2, 0.25) is 0 Å². The summed E-state index contributed by atoms with van der Waals surface area (Å²) in [5.74, 6) is -1.02. The van der Waals surface area contributed by atoms with E-state index in [0.29, 0.717) is 28.9 Å². The topological polar surface area (TPSA) is 108 Å². The van der Waals surface area contributed by atoms with Gasteiger partial charge < -0.3 is 10.2 Å². The molecule has 29 heavy (non-hydrogen) atoms. The summed E-state index contributed by atoms with van der Waals surface area (Å²) in [6.07, 6.45) is 0. The number of carbonyl (C=O) groups is 2. The van der Waals surface area contributed by atoms with E-state index in [-0.39, 0.29) is 28.4 Å². The molecule has 0 atom stereocenters. The number of hydrogen-bond acceptors (Lipinski definition) is 6. The van der Waals surface area contributed by atoms with Crippen molar-refractivity contribution < 1.29 is 22.4 Å². The molecule has 2 N–H and O–H groups in total. The molecule has 1 aliphatic heterocycles. The molecule has 0 bridgehead atoms. The van der Waals surface area contributed by atoms with Gasteiger partial charge in [0.2, 0.25) is 5.91 Å². The van der Waals surface area contributed by atoms with Gasteiger partial charge in [-0.3, -0.25) is 14.3 Å². The van der Waals surface area contributed by atoms with Crippen molar-refractivity contribution in [3.05, 3.63) is 53.8 Å². The zero-order chi connectivity index (χ0) is 20.6. The van der Waals surface area contributed by atoms with Crippen LogP contribution in [0.5, 0.6) is 0 Å². The van der Waals surface area contributed by atoms with Crippen molar-refractivity contribution in [3.63, 3.8) is 0 Å². The van der Waals surface area contributed by atoms with Crippen LogP contribution >= 0.6 is 11.3 Å². The van der Waals surface area contributed by atoms with Gasteiger partial charge in [-0.05, 0) is 42.5 Å². The molecule has 150 valence electrons.